The maximum Gasteiger partial charge on any atom is 0.223 e. The number of benzene rings is 1. The van der Waals surface area contributed by atoms with Gasteiger partial charge in [0.2, 0.25) is 5.91 Å². The summed E-state index contributed by atoms with van der Waals surface area (Å²) in [6.45, 7) is 0. The highest BCUT2D eigenvalue weighted by Crippen LogP contribution is 2.41. The average Bonchev–Trinajstić information content (AvgIpc) is 2.86. The summed E-state index contributed by atoms with van der Waals surface area (Å²) in [5, 5.41) is 0. The fourth-order valence-corrected chi connectivity index (χ4v) is 3.01. The van der Waals surface area contributed by atoms with Crippen LogP contribution in [0.15, 0.2) is 18.2 Å². The van der Waals surface area contributed by atoms with Crippen molar-refractivity contribution in [3.05, 3.63) is 35.4 Å². The number of hydrogen-bond donors (Lipinski definition) is 0. The molecule has 0 bridgehead atoms. The van der Waals surface area contributed by atoms with Crippen molar-refractivity contribution in [1.82, 2.24) is 4.90 Å². The van der Waals surface area contributed by atoms with Crippen LogP contribution in [-0.2, 0) is 4.79 Å². The number of fused-ring (bicyclic) bond motifs is 1. The first-order valence-corrected chi connectivity index (χ1v) is 5.93. The maximum absolute atomic E-state index is 13.2. The Balaban J connectivity index is 1.93. The van der Waals surface area contributed by atoms with Gasteiger partial charge < -0.3 is 4.90 Å². The van der Waals surface area contributed by atoms with E-state index in [4.69, 9.17) is 0 Å². The van der Waals surface area contributed by atoms with Crippen LogP contribution in [0.3, 0.4) is 0 Å². The van der Waals surface area contributed by atoms with Crippen molar-refractivity contribution in [3.8, 4) is 0 Å². The quantitative estimate of drug-likeness (QED) is 0.735. The summed E-state index contributed by atoms with van der Waals surface area (Å²) in [7, 11) is 0. The van der Waals surface area contributed by atoms with Crippen LogP contribution < -0.4 is 0 Å². The summed E-state index contributed by atoms with van der Waals surface area (Å²) >= 11 is 0. The normalized spacial score (nSPS) is 27.6. The van der Waals surface area contributed by atoms with Crippen LogP contribution in [0.25, 0.3) is 0 Å². The molecule has 1 amide bonds. The van der Waals surface area contributed by atoms with Crippen molar-refractivity contribution in [2.24, 2.45) is 0 Å². The van der Waals surface area contributed by atoms with E-state index >= 15 is 0 Å². The van der Waals surface area contributed by atoms with E-state index in [0.29, 0.717) is 18.0 Å². The molecule has 1 aromatic rings. The first kappa shape index (κ1) is 10.7. The summed E-state index contributed by atoms with van der Waals surface area (Å²) in [5.74, 6) is -1.53. The van der Waals surface area contributed by atoms with E-state index < -0.39 is 11.6 Å². The van der Waals surface area contributed by atoms with Gasteiger partial charge in [-0.1, -0.05) is 6.07 Å². The fraction of sp³-hybridized carbons (Fsp3) is 0.462. The van der Waals surface area contributed by atoms with Crippen LogP contribution in [0.2, 0.25) is 0 Å². The van der Waals surface area contributed by atoms with Gasteiger partial charge in [0.1, 0.15) is 0 Å². The smallest absolute Gasteiger partial charge is 0.223 e. The largest absolute Gasteiger partial charge is 0.333 e. The Hall–Kier alpha value is -1.45. The summed E-state index contributed by atoms with van der Waals surface area (Å²) in [6, 6.07) is 4.18. The van der Waals surface area contributed by atoms with Gasteiger partial charge in [-0.25, -0.2) is 8.78 Å². The Morgan fingerprint density at radius 2 is 1.94 bits per heavy atom. The monoisotopic (exact) mass is 237 g/mol. The van der Waals surface area contributed by atoms with Gasteiger partial charge in [0.05, 0.1) is 6.04 Å². The Bertz CT molecular complexity index is 474. The lowest BCUT2D eigenvalue weighted by Gasteiger charge is -2.24. The number of rotatable bonds is 1. The molecule has 2 fully saturated rings. The Morgan fingerprint density at radius 1 is 1.12 bits per heavy atom. The fourth-order valence-electron chi connectivity index (χ4n) is 3.01. The van der Waals surface area contributed by atoms with E-state index in [-0.39, 0.29) is 11.9 Å². The lowest BCUT2D eigenvalue weighted by atomic mass is 10.0. The average molecular weight is 237 g/mol. The van der Waals surface area contributed by atoms with Gasteiger partial charge in [-0.3, -0.25) is 4.79 Å². The summed E-state index contributed by atoms with van der Waals surface area (Å²) in [6.07, 6.45) is 3.31. The SMILES string of the molecule is O=C1CC[C@H]2CC[C@@H](c3ccc(F)c(F)c3)N12. The van der Waals surface area contributed by atoms with Gasteiger partial charge in [0, 0.05) is 12.5 Å². The van der Waals surface area contributed by atoms with Gasteiger partial charge in [-0.15, -0.1) is 0 Å². The molecule has 0 unspecified atom stereocenters. The molecular formula is C13H13F2NO. The van der Waals surface area contributed by atoms with E-state index in [0.717, 1.165) is 25.3 Å². The lowest BCUT2D eigenvalue weighted by Crippen LogP contribution is -2.29. The van der Waals surface area contributed by atoms with Gasteiger partial charge in [-0.2, -0.15) is 0 Å². The number of nitrogens with zero attached hydrogens (tertiary/aromatic N) is 1. The minimum atomic E-state index is -0.837. The number of halogens is 2. The van der Waals surface area contributed by atoms with Crippen molar-refractivity contribution < 1.29 is 13.6 Å². The predicted molar refractivity (Wildman–Crippen MR) is 58.2 cm³/mol. The molecule has 1 aromatic carbocycles. The maximum atomic E-state index is 13.2. The third-order valence-corrected chi connectivity index (χ3v) is 3.81. The lowest BCUT2D eigenvalue weighted by molar-refractivity contribution is -0.129. The van der Waals surface area contributed by atoms with Crippen molar-refractivity contribution >= 4 is 5.91 Å². The van der Waals surface area contributed by atoms with E-state index in [2.05, 4.69) is 0 Å². The molecule has 90 valence electrons. The third kappa shape index (κ3) is 1.63. The van der Waals surface area contributed by atoms with Crippen molar-refractivity contribution in [2.75, 3.05) is 0 Å². The van der Waals surface area contributed by atoms with E-state index in [1.54, 1.807) is 6.07 Å². The molecule has 2 aliphatic heterocycles. The molecule has 3 rings (SSSR count). The highest BCUT2D eigenvalue weighted by Gasteiger charge is 2.41. The Morgan fingerprint density at radius 3 is 2.71 bits per heavy atom. The number of amides is 1. The molecule has 2 heterocycles. The summed E-state index contributed by atoms with van der Waals surface area (Å²) in [5.41, 5.74) is 0.710. The van der Waals surface area contributed by atoms with Gasteiger partial charge in [0.25, 0.3) is 0 Å². The molecule has 4 heteroatoms. The predicted octanol–water partition coefficient (Wildman–Crippen LogP) is 2.79. The summed E-state index contributed by atoms with van der Waals surface area (Å²) in [4.78, 5) is 13.6. The van der Waals surface area contributed by atoms with E-state index in [1.165, 1.54) is 6.07 Å². The van der Waals surface area contributed by atoms with Gasteiger partial charge in [-0.05, 0) is 37.0 Å². The number of carbonyl (C=O) groups is 1. The second kappa shape index (κ2) is 3.79. The second-order valence-corrected chi connectivity index (χ2v) is 4.76. The molecule has 0 radical (unpaired) electrons. The summed E-state index contributed by atoms with van der Waals surface area (Å²) < 4.78 is 26.1. The van der Waals surface area contributed by atoms with Crippen molar-refractivity contribution in [3.63, 3.8) is 0 Å². The molecule has 0 N–H and O–H groups in total. The van der Waals surface area contributed by atoms with Crippen LogP contribution in [0, 0.1) is 11.6 Å². The van der Waals surface area contributed by atoms with Crippen LogP contribution in [0.1, 0.15) is 37.3 Å². The molecule has 17 heavy (non-hydrogen) atoms. The van der Waals surface area contributed by atoms with Crippen LogP contribution in [0.5, 0.6) is 0 Å². The van der Waals surface area contributed by atoms with Crippen LogP contribution in [0.4, 0.5) is 8.78 Å². The number of carbonyl (C=O) groups excluding carboxylic acids is 1. The molecule has 0 spiro atoms. The molecule has 0 aromatic heterocycles. The topological polar surface area (TPSA) is 20.3 Å². The molecule has 0 saturated carbocycles. The van der Waals surface area contributed by atoms with E-state index in [9.17, 15) is 13.6 Å². The Labute approximate surface area is 98.2 Å². The van der Waals surface area contributed by atoms with Crippen molar-refractivity contribution in [1.29, 1.82) is 0 Å². The zero-order chi connectivity index (χ0) is 12.0. The number of hydrogen-bond acceptors (Lipinski definition) is 1. The van der Waals surface area contributed by atoms with Gasteiger partial charge >= 0.3 is 0 Å². The first-order valence-electron chi connectivity index (χ1n) is 5.93. The van der Waals surface area contributed by atoms with Crippen LogP contribution in [-0.4, -0.2) is 16.8 Å². The second-order valence-electron chi connectivity index (χ2n) is 4.76. The molecule has 2 atom stereocenters. The minimum Gasteiger partial charge on any atom is -0.333 e. The highest BCUT2D eigenvalue weighted by molar-refractivity contribution is 5.79. The first-order chi connectivity index (χ1) is 8.16. The van der Waals surface area contributed by atoms with Gasteiger partial charge in [0.15, 0.2) is 11.6 Å². The zero-order valence-corrected chi connectivity index (χ0v) is 9.33. The molecule has 2 saturated heterocycles. The molecular weight excluding hydrogens is 224 g/mol. The molecule has 2 aliphatic rings. The van der Waals surface area contributed by atoms with E-state index in [1.807, 2.05) is 4.90 Å². The minimum absolute atomic E-state index is 0.0647. The van der Waals surface area contributed by atoms with Crippen molar-refractivity contribution in [2.45, 2.75) is 37.8 Å². The molecule has 0 aliphatic carbocycles. The standard InChI is InChI=1S/C13H13F2NO/c14-10-4-1-8(7-11(10)15)12-5-2-9-3-6-13(17)16(9)12/h1,4,7,9,12H,2-3,5-6H2/t9-,12+/m1/s1. The molecule has 2 nitrogen and oxygen atoms in total. The highest BCUT2D eigenvalue weighted by atomic mass is 19.2. The third-order valence-electron chi connectivity index (χ3n) is 3.81. The van der Waals surface area contributed by atoms with Crippen LogP contribution >= 0.6 is 0 Å². The Kier molecular flexibility index (Phi) is 2.38. The zero-order valence-electron chi connectivity index (χ0n) is 9.33.